The van der Waals surface area contributed by atoms with Crippen LogP contribution in [-0.2, 0) is 5.41 Å². The molecular formula is C23H35F2NS. The highest BCUT2D eigenvalue weighted by atomic mass is 32.1. The van der Waals surface area contributed by atoms with Gasteiger partial charge in [-0.1, -0.05) is 70.2 Å². The molecule has 2 fully saturated rings. The lowest BCUT2D eigenvalue weighted by Gasteiger charge is -2.62. The van der Waals surface area contributed by atoms with Crippen molar-refractivity contribution in [2.45, 2.75) is 78.1 Å². The summed E-state index contributed by atoms with van der Waals surface area (Å²) in [6, 6.07) is 10.9. The van der Waals surface area contributed by atoms with E-state index in [0.29, 0.717) is 11.8 Å². The zero-order chi connectivity index (χ0) is 20.3. The molecule has 4 unspecified atom stereocenters. The molecule has 2 aliphatic rings. The largest absolute Gasteiger partial charge is 0.396 e. The van der Waals surface area contributed by atoms with Crippen molar-refractivity contribution in [3.63, 3.8) is 0 Å². The fourth-order valence-corrected chi connectivity index (χ4v) is 6.59. The smallest absolute Gasteiger partial charge is 0.239 e. The Kier molecular flexibility index (Phi) is 7.05. The third-order valence-corrected chi connectivity index (χ3v) is 7.32. The Balaban J connectivity index is 0.000000817. The topological polar surface area (TPSA) is 26.0 Å². The monoisotopic (exact) mass is 395 g/mol. The predicted octanol–water partition coefficient (Wildman–Crippen LogP) is 6.74. The lowest BCUT2D eigenvalue weighted by Crippen LogP contribution is -2.55. The molecule has 0 aromatic heterocycles. The van der Waals surface area contributed by atoms with E-state index in [0.717, 1.165) is 31.2 Å². The lowest BCUT2D eigenvalue weighted by atomic mass is 9.42. The van der Waals surface area contributed by atoms with Crippen LogP contribution in [0.3, 0.4) is 0 Å². The SMILES string of the molecule is CCC1(CC(F)F)C(C)CC2(c3ccccc3)CC1CC(C)(C)C2.NC=S. The summed E-state index contributed by atoms with van der Waals surface area (Å²) in [6.45, 7) is 9.06. The minimum absolute atomic E-state index is 0.0796. The second kappa shape index (κ2) is 8.55. The Labute approximate surface area is 169 Å². The molecule has 0 amide bonds. The fraction of sp³-hybridized carbons (Fsp3) is 0.696. The molecule has 0 aliphatic heterocycles. The molecule has 0 radical (unpaired) electrons. The van der Waals surface area contributed by atoms with E-state index < -0.39 is 6.43 Å². The van der Waals surface area contributed by atoms with Gasteiger partial charge < -0.3 is 5.73 Å². The summed E-state index contributed by atoms with van der Waals surface area (Å²) in [7, 11) is 0. The lowest BCUT2D eigenvalue weighted by molar-refractivity contribution is -0.107. The van der Waals surface area contributed by atoms with Crippen molar-refractivity contribution in [3.8, 4) is 0 Å². The van der Waals surface area contributed by atoms with E-state index in [9.17, 15) is 8.78 Å². The Bertz CT molecular complexity index is 614. The Hall–Kier alpha value is -1.03. The fourth-order valence-electron chi connectivity index (χ4n) is 6.59. The van der Waals surface area contributed by atoms with E-state index in [4.69, 9.17) is 0 Å². The van der Waals surface area contributed by atoms with Gasteiger partial charge in [0, 0.05) is 6.42 Å². The third kappa shape index (κ3) is 4.52. The highest BCUT2D eigenvalue weighted by molar-refractivity contribution is 7.78. The maximum absolute atomic E-state index is 13.5. The molecule has 1 aromatic rings. The average molecular weight is 396 g/mol. The molecule has 27 heavy (non-hydrogen) atoms. The summed E-state index contributed by atoms with van der Waals surface area (Å²) in [5.41, 5.74) is 7.26. The highest BCUT2D eigenvalue weighted by Gasteiger charge is 2.58. The number of rotatable bonds is 4. The Morgan fingerprint density at radius 3 is 2.30 bits per heavy atom. The van der Waals surface area contributed by atoms with Gasteiger partial charge in [-0.3, -0.25) is 0 Å². The number of alkyl halides is 2. The Morgan fingerprint density at radius 1 is 1.19 bits per heavy atom. The van der Waals surface area contributed by atoms with E-state index in [1.165, 1.54) is 12.0 Å². The summed E-state index contributed by atoms with van der Waals surface area (Å²) < 4.78 is 26.9. The predicted molar refractivity (Wildman–Crippen MR) is 114 cm³/mol. The molecule has 0 saturated heterocycles. The molecule has 0 spiro atoms. The van der Waals surface area contributed by atoms with Crippen LogP contribution in [0.15, 0.2) is 30.3 Å². The van der Waals surface area contributed by atoms with Gasteiger partial charge in [0.1, 0.15) is 0 Å². The van der Waals surface area contributed by atoms with Crippen LogP contribution in [0.1, 0.15) is 71.8 Å². The number of halogens is 2. The van der Waals surface area contributed by atoms with Crippen LogP contribution in [0.2, 0.25) is 0 Å². The second-order valence-electron chi connectivity index (χ2n) is 9.52. The standard InChI is InChI=1S/C22H32F2.CH3NS/c1-5-22(14-19(23)24)16(2)11-21(17-9-7-6-8-10-17)13-18(22)12-20(3,4)15-21;2-1-3/h6-10,16,18-19H,5,11-15H2,1-4H3;1H,(H2,2,3). The van der Waals surface area contributed by atoms with Crippen molar-refractivity contribution in [2.24, 2.45) is 28.4 Å². The number of hydrogen-bond donors (Lipinski definition) is 1. The van der Waals surface area contributed by atoms with Gasteiger partial charge in [-0.15, -0.1) is 0 Å². The van der Waals surface area contributed by atoms with Crippen molar-refractivity contribution in [3.05, 3.63) is 35.9 Å². The molecule has 2 bridgehead atoms. The Morgan fingerprint density at radius 2 is 1.78 bits per heavy atom. The van der Waals surface area contributed by atoms with Gasteiger partial charge in [0.2, 0.25) is 6.43 Å². The van der Waals surface area contributed by atoms with Gasteiger partial charge in [-0.05, 0) is 65.7 Å². The average Bonchev–Trinajstić information content (AvgIpc) is 2.58. The van der Waals surface area contributed by atoms with E-state index >= 15 is 0 Å². The van der Waals surface area contributed by atoms with Crippen LogP contribution in [0.4, 0.5) is 8.78 Å². The first-order valence-electron chi connectivity index (χ1n) is 10.1. The quantitative estimate of drug-likeness (QED) is 0.571. The van der Waals surface area contributed by atoms with Gasteiger partial charge in [0.25, 0.3) is 0 Å². The first kappa shape index (κ1) is 22.3. The number of thiocarbonyl (C=S) groups is 1. The van der Waals surface area contributed by atoms with Crippen LogP contribution in [0.5, 0.6) is 0 Å². The summed E-state index contributed by atoms with van der Waals surface area (Å²) in [5.74, 6) is 0.760. The number of benzene rings is 1. The minimum Gasteiger partial charge on any atom is -0.396 e. The third-order valence-electron chi connectivity index (χ3n) is 7.32. The molecule has 1 aromatic carbocycles. The van der Waals surface area contributed by atoms with E-state index in [-0.39, 0.29) is 22.7 Å². The van der Waals surface area contributed by atoms with Crippen molar-refractivity contribution in [1.29, 1.82) is 0 Å². The summed E-state index contributed by atoms with van der Waals surface area (Å²) >= 11 is 4.05. The van der Waals surface area contributed by atoms with E-state index in [2.05, 4.69) is 76.0 Å². The van der Waals surface area contributed by atoms with E-state index in [1.807, 2.05) is 0 Å². The van der Waals surface area contributed by atoms with Gasteiger partial charge in [0.15, 0.2) is 0 Å². The summed E-state index contributed by atoms with van der Waals surface area (Å²) in [5, 5.41) is 0. The molecule has 2 aliphatic carbocycles. The summed E-state index contributed by atoms with van der Waals surface area (Å²) in [6.07, 6.45) is 3.18. The molecule has 152 valence electrons. The second-order valence-corrected chi connectivity index (χ2v) is 9.79. The zero-order valence-electron chi connectivity index (χ0n) is 17.2. The van der Waals surface area contributed by atoms with Crippen LogP contribution in [0.25, 0.3) is 0 Å². The van der Waals surface area contributed by atoms with Gasteiger partial charge in [-0.25, -0.2) is 8.78 Å². The molecule has 1 nitrogen and oxygen atoms in total. The van der Waals surface area contributed by atoms with Gasteiger partial charge in [0.05, 0.1) is 5.49 Å². The molecule has 4 atom stereocenters. The molecule has 3 rings (SSSR count). The maximum atomic E-state index is 13.5. The van der Waals surface area contributed by atoms with Gasteiger partial charge >= 0.3 is 0 Å². The van der Waals surface area contributed by atoms with Crippen molar-refractivity contribution in [2.75, 3.05) is 0 Å². The summed E-state index contributed by atoms with van der Waals surface area (Å²) in [4.78, 5) is 0. The first-order chi connectivity index (χ1) is 12.6. The van der Waals surface area contributed by atoms with Crippen LogP contribution in [-0.4, -0.2) is 11.9 Å². The molecule has 2 N–H and O–H groups in total. The van der Waals surface area contributed by atoms with Crippen molar-refractivity contribution >= 4 is 17.7 Å². The van der Waals surface area contributed by atoms with Gasteiger partial charge in [-0.2, -0.15) is 0 Å². The number of fused-ring (bicyclic) bond motifs is 2. The normalized spacial score (nSPS) is 34.5. The van der Waals surface area contributed by atoms with Crippen LogP contribution >= 0.6 is 12.2 Å². The molecule has 2 saturated carbocycles. The molecule has 4 heteroatoms. The highest BCUT2D eigenvalue weighted by Crippen LogP contribution is 2.65. The van der Waals surface area contributed by atoms with Crippen molar-refractivity contribution < 1.29 is 8.78 Å². The van der Waals surface area contributed by atoms with Crippen LogP contribution in [0, 0.1) is 22.7 Å². The number of hydrogen-bond acceptors (Lipinski definition) is 1. The van der Waals surface area contributed by atoms with Crippen molar-refractivity contribution in [1.82, 2.24) is 0 Å². The zero-order valence-corrected chi connectivity index (χ0v) is 18.0. The number of nitrogens with two attached hydrogens (primary N) is 1. The maximum Gasteiger partial charge on any atom is 0.239 e. The molecular weight excluding hydrogens is 360 g/mol. The minimum atomic E-state index is -2.19. The first-order valence-corrected chi connectivity index (χ1v) is 10.6. The van der Waals surface area contributed by atoms with E-state index in [1.54, 1.807) is 0 Å². The van der Waals surface area contributed by atoms with Crippen LogP contribution < -0.4 is 5.73 Å². The molecule has 0 heterocycles.